The van der Waals surface area contributed by atoms with Crippen LogP contribution >= 0.6 is 11.3 Å². The molecule has 1 amide bonds. The maximum absolute atomic E-state index is 11.7. The molecule has 6 heteroatoms. The maximum atomic E-state index is 11.7. The summed E-state index contributed by atoms with van der Waals surface area (Å²) in [5.41, 5.74) is 0.932. The maximum Gasteiger partial charge on any atom is 0.296 e. The van der Waals surface area contributed by atoms with Gasteiger partial charge in [-0.1, -0.05) is 33.4 Å². The van der Waals surface area contributed by atoms with E-state index in [-0.39, 0.29) is 24.5 Å². The van der Waals surface area contributed by atoms with E-state index in [2.05, 4.69) is 36.2 Å². The van der Waals surface area contributed by atoms with Crippen molar-refractivity contribution in [1.82, 2.24) is 10.1 Å². The molecule has 0 radical (unpaired) electrons. The summed E-state index contributed by atoms with van der Waals surface area (Å²) >= 11 is 1.40. The standard InChI is InChI=1S/C11H13N3O2S.CH4/c1-11(2,3)8-6-17-10(13-8)14-9(15)7-4-5-12-16-7;/h4-6H,1-3H3,(H,13,14,15);1H4. The summed E-state index contributed by atoms with van der Waals surface area (Å²) < 4.78 is 4.76. The number of hydrogen-bond acceptors (Lipinski definition) is 5. The Hall–Kier alpha value is -1.69. The van der Waals surface area contributed by atoms with E-state index >= 15 is 0 Å². The molecule has 5 nitrogen and oxygen atoms in total. The van der Waals surface area contributed by atoms with Crippen LogP contribution < -0.4 is 5.32 Å². The van der Waals surface area contributed by atoms with Crippen molar-refractivity contribution in [3.8, 4) is 0 Å². The van der Waals surface area contributed by atoms with Crippen LogP contribution in [0.3, 0.4) is 0 Å². The van der Waals surface area contributed by atoms with Gasteiger partial charge in [0.15, 0.2) is 5.13 Å². The molecule has 2 rings (SSSR count). The Morgan fingerprint density at radius 2 is 2.17 bits per heavy atom. The molecule has 0 aliphatic carbocycles. The number of carbonyl (C=O) groups excluding carboxylic acids is 1. The Balaban J connectivity index is 0.00000162. The lowest BCUT2D eigenvalue weighted by Crippen LogP contribution is -2.13. The van der Waals surface area contributed by atoms with Gasteiger partial charge in [-0.3, -0.25) is 10.1 Å². The number of thiazole rings is 1. The first-order valence-electron chi connectivity index (χ1n) is 5.15. The average molecular weight is 267 g/mol. The van der Waals surface area contributed by atoms with Gasteiger partial charge in [0.2, 0.25) is 5.76 Å². The van der Waals surface area contributed by atoms with Crippen molar-refractivity contribution in [2.24, 2.45) is 0 Å². The van der Waals surface area contributed by atoms with Crippen LogP contribution in [-0.2, 0) is 5.41 Å². The zero-order chi connectivity index (χ0) is 12.5. The molecule has 2 aromatic heterocycles. The summed E-state index contributed by atoms with van der Waals surface area (Å²) in [5, 5.41) is 8.65. The van der Waals surface area contributed by atoms with Gasteiger partial charge >= 0.3 is 0 Å². The predicted octanol–water partition coefficient (Wildman–Crippen LogP) is 3.32. The molecule has 0 saturated carbocycles. The van der Waals surface area contributed by atoms with E-state index in [1.165, 1.54) is 23.6 Å². The van der Waals surface area contributed by atoms with Gasteiger partial charge < -0.3 is 4.52 Å². The molecular formula is C12H17N3O2S. The molecule has 0 bridgehead atoms. The first-order chi connectivity index (χ1) is 7.97. The second kappa shape index (κ2) is 5.30. The Morgan fingerprint density at radius 3 is 2.67 bits per heavy atom. The van der Waals surface area contributed by atoms with E-state index in [0.29, 0.717) is 5.13 Å². The molecule has 0 aromatic carbocycles. The van der Waals surface area contributed by atoms with Crippen LogP contribution in [0.2, 0.25) is 0 Å². The van der Waals surface area contributed by atoms with Gasteiger partial charge in [0, 0.05) is 16.9 Å². The minimum absolute atomic E-state index is 0. The lowest BCUT2D eigenvalue weighted by molar-refractivity contribution is 0.0988. The van der Waals surface area contributed by atoms with Gasteiger partial charge in [0.25, 0.3) is 5.91 Å². The van der Waals surface area contributed by atoms with Crippen LogP contribution in [0.1, 0.15) is 44.4 Å². The number of aromatic nitrogens is 2. The lowest BCUT2D eigenvalue weighted by atomic mass is 9.93. The number of nitrogens with zero attached hydrogens (tertiary/aromatic N) is 2. The normalized spacial score (nSPS) is 10.8. The molecule has 0 unspecified atom stereocenters. The van der Waals surface area contributed by atoms with E-state index in [0.717, 1.165) is 5.69 Å². The second-order valence-electron chi connectivity index (χ2n) is 4.62. The number of carbonyl (C=O) groups is 1. The molecule has 0 aliphatic heterocycles. The molecule has 0 aliphatic rings. The Labute approximate surface area is 110 Å². The molecule has 0 fully saturated rings. The van der Waals surface area contributed by atoms with Gasteiger partial charge in [0.1, 0.15) is 0 Å². The highest BCUT2D eigenvalue weighted by molar-refractivity contribution is 7.14. The largest absolute Gasteiger partial charge is 0.351 e. The highest BCUT2D eigenvalue weighted by Gasteiger charge is 2.19. The fourth-order valence-corrected chi connectivity index (χ4v) is 2.10. The summed E-state index contributed by atoms with van der Waals surface area (Å²) in [5.74, 6) is -0.158. The molecule has 0 spiro atoms. The summed E-state index contributed by atoms with van der Waals surface area (Å²) in [4.78, 5) is 16.0. The van der Waals surface area contributed by atoms with E-state index in [9.17, 15) is 4.79 Å². The molecule has 2 aromatic rings. The monoisotopic (exact) mass is 267 g/mol. The number of hydrogen-bond donors (Lipinski definition) is 1. The van der Waals surface area contributed by atoms with Crippen molar-refractivity contribution in [3.63, 3.8) is 0 Å². The number of amides is 1. The third-order valence-corrected chi connectivity index (χ3v) is 2.91. The molecule has 98 valence electrons. The van der Waals surface area contributed by atoms with Crippen molar-refractivity contribution in [1.29, 1.82) is 0 Å². The zero-order valence-electron chi connectivity index (χ0n) is 9.85. The fourth-order valence-electron chi connectivity index (χ4n) is 1.17. The summed E-state index contributed by atoms with van der Waals surface area (Å²) in [7, 11) is 0. The van der Waals surface area contributed by atoms with E-state index in [1.54, 1.807) is 0 Å². The van der Waals surface area contributed by atoms with E-state index in [4.69, 9.17) is 4.52 Å². The number of rotatable bonds is 2. The van der Waals surface area contributed by atoms with Crippen LogP contribution in [0.5, 0.6) is 0 Å². The lowest BCUT2D eigenvalue weighted by Gasteiger charge is -2.14. The van der Waals surface area contributed by atoms with E-state index in [1.807, 2.05) is 5.38 Å². The summed E-state index contributed by atoms with van der Waals surface area (Å²) in [6.45, 7) is 6.22. The van der Waals surface area contributed by atoms with Crippen molar-refractivity contribution in [3.05, 3.63) is 29.1 Å². The van der Waals surface area contributed by atoms with Crippen LogP contribution in [0.15, 0.2) is 22.2 Å². The number of anilines is 1. The van der Waals surface area contributed by atoms with Gasteiger partial charge in [-0.15, -0.1) is 11.3 Å². The van der Waals surface area contributed by atoms with Crippen molar-refractivity contribution >= 4 is 22.4 Å². The molecule has 2 heterocycles. The minimum atomic E-state index is -0.336. The van der Waals surface area contributed by atoms with Gasteiger partial charge in [-0.05, 0) is 0 Å². The molecule has 18 heavy (non-hydrogen) atoms. The topological polar surface area (TPSA) is 68.0 Å². The third-order valence-electron chi connectivity index (χ3n) is 2.15. The fraction of sp³-hybridized carbons (Fsp3) is 0.417. The first kappa shape index (κ1) is 14.4. The second-order valence-corrected chi connectivity index (χ2v) is 5.48. The Morgan fingerprint density at radius 1 is 1.44 bits per heavy atom. The summed E-state index contributed by atoms with van der Waals surface area (Å²) in [6.07, 6.45) is 1.43. The van der Waals surface area contributed by atoms with Gasteiger partial charge in [-0.25, -0.2) is 4.98 Å². The number of nitrogens with one attached hydrogen (secondary N) is 1. The SMILES string of the molecule is C.CC(C)(C)c1csc(NC(=O)c2ccno2)n1. The minimum Gasteiger partial charge on any atom is -0.351 e. The van der Waals surface area contributed by atoms with Crippen molar-refractivity contribution in [2.45, 2.75) is 33.6 Å². The predicted molar refractivity (Wildman–Crippen MR) is 72.0 cm³/mol. The third kappa shape index (κ3) is 3.16. The molecular weight excluding hydrogens is 250 g/mol. The summed E-state index contributed by atoms with van der Waals surface area (Å²) in [6, 6.07) is 1.51. The smallest absolute Gasteiger partial charge is 0.296 e. The van der Waals surface area contributed by atoms with E-state index < -0.39 is 0 Å². The average Bonchev–Trinajstić information content (AvgIpc) is 2.85. The van der Waals surface area contributed by atoms with Crippen molar-refractivity contribution in [2.75, 3.05) is 5.32 Å². The Kier molecular flexibility index (Phi) is 4.24. The van der Waals surface area contributed by atoms with Crippen LogP contribution in [-0.4, -0.2) is 16.0 Å². The first-order valence-corrected chi connectivity index (χ1v) is 6.03. The highest BCUT2D eigenvalue weighted by atomic mass is 32.1. The zero-order valence-corrected chi connectivity index (χ0v) is 10.7. The van der Waals surface area contributed by atoms with Gasteiger partial charge in [0.05, 0.1) is 11.9 Å². The molecule has 1 N–H and O–H groups in total. The van der Waals surface area contributed by atoms with Crippen LogP contribution in [0.25, 0.3) is 0 Å². The van der Waals surface area contributed by atoms with Gasteiger partial charge in [-0.2, -0.15) is 0 Å². The van der Waals surface area contributed by atoms with Crippen LogP contribution in [0, 0.1) is 0 Å². The highest BCUT2D eigenvalue weighted by Crippen LogP contribution is 2.26. The van der Waals surface area contributed by atoms with Crippen LogP contribution in [0.4, 0.5) is 5.13 Å². The van der Waals surface area contributed by atoms with Crippen molar-refractivity contribution < 1.29 is 9.32 Å². The quantitative estimate of drug-likeness (QED) is 0.906. The molecule has 0 saturated heterocycles. The molecule has 0 atom stereocenters. The Bertz CT molecular complexity index is 512.